The van der Waals surface area contributed by atoms with Crippen LogP contribution in [0.25, 0.3) is 0 Å². The monoisotopic (exact) mass is 833 g/mol. The van der Waals surface area contributed by atoms with Crippen molar-refractivity contribution in [1.82, 2.24) is 30.3 Å². The molecule has 0 aliphatic carbocycles. The number of anilines is 1. The number of thiazole rings is 1. The molecule has 59 heavy (non-hydrogen) atoms. The maximum Gasteiger partial charge on any atom is 0.242 e. The van der Waals surface area contributed by atoms with E-state index in [0.29, 0.717) is 31.6 Å². The van der Waals surface area contributed by atoms with Gasteiger partial charge in [-0.1, -0.05) is 83.5 Å². The number of benzene rings is 2. The van der Waals surface area contributed by atoms with Crippen LogP contribution in [0.5, 0.6) is 0 Å². The van der Waals surface area contributed by atoms with E-state index in [0.717, 1.165) is 29.0 Å². The van der Waals surface area contributed by atoms with Gasteiger partial charge < -0.3 is 35.6 Å². The van der Waals surface area contributed by atoms with Crippen LogP contribution in [0.1, 0.15) is 82.5 Å². The summed E-state index contributed by atoms with van der Waals surface area (Å²) in [5, 5.41) is 8.85. The Labute approximate surface area is 355 Å². The molecule has 324 valence electrons. The minimum Gasteiger partial charge on any atom is -0.399 e. The predicted molar refractivity (Wildman–Crippen MR) is 233 cm³/mol. The number of nitrogens with two attached hydrogens (primary N) is 1. The van der Waals surface area contributed by atoms with Gasteiger partial charge in [-0.15, -0.1) is 11.3 Å². The highest BCUT2D eigenvalue weighted by Crippen LogP contribution is 2.30. The molecule has 2 heterocycles. The van der Waals surface area contributed by atoms with Gasteiger partial charge in [0.1, 0.15) is 5.01 Å². The number of amides is 4. The van der Waals surface area contributed by atoms with Crippen molar-refractivity contribution in [1.29, 1.82) is 0 Å². The molecule has 4 N–H and O–H groups in total. The molecule has 8 atom stereocenters. The lowest BCUT2D eigenvalue weighted by atomic mass is 9.90. The average Bonchev–Trinajstić information content (AvgIpc) is 3.94. The fourth-order valence-corrected chi connectivity index (χ4v) is 9.19. The van der Waals surface area contributed by atoms with Crippen LogP contribution < -0.4 is 16.4 Å². The molecule has 3 aromatic rings. The Balaban J connectivity index is 1.41. The summed E-state index contributed by atoms with van der Waals surface area (Å²) in [6.45, 7) is 10.8. The van der Waals surface area contributed by atoms with Crippen molar-refractivity contribution in [3.8, 4) is 0 Å². The van der Waals surface area contributed by atoms with E-state index in [9.17, 15) is 19.2 Å². The number of rotatable bonds is 22. The van der Waals surface area contributed by atoms with Gasteiger partial charge in [-0.3, -0.25) is 24.1 Å². The molecular formula is C45H67N7O6S. The van der Waals surface area contributed by atoms with E-state index in [1.165, 1.54) is 11.3 Å². The summed E-state index contributed by atoms with van der Waals surface area (Å²) >= 11 is 1.50. The number of nitrogens with one attached hydrogen (secondary N) is 2. The lowest BCUT2D eigenvalue weighted by Crippen LogP contribution is -2.55. The highest BCUT2D eigenvalue weighted by molar-refractivity contribution is 7.09. The first-order chi connectivity index (χ1) is 28.2. The molecule has 4 amide bonds. The quantitative estimate of drug-likeness (QED) is 0.114. The summed E-state index contributed by atoms with van der Waals surface area (Å²) in [7, 11) is 6.77. The Morgan fingerprint density at radius 2 is 1.66 bits per heavy atom. The van der Waals surface area contributed by atoms with Crippen LogP contribution in [-0.2, 0) is 41.6 Å². The van der Waals surface area contributed by atoms with Crippen molar-refractivity contribution in [2.45, 2.75) is 110 Å². The van der Waals surface area contributed by atoms with Crippen molar-refractivity contribution in [2.75, 3.05) is 47.1 Å². The van der Waals surface area contributed by atoms with Gasteiger partial charge >= 0.3 is 0 Å². The SMILES string of the molecule is CCC(C)C(C(CC(=O)N1CCC[C@H]1C(OC)[C@@H](C)C(=O)NC(Cc1ccccc1)c1nccs1)OC)N(C)C(=O)CNC(=O)C(C(C)C)N(C)Cc1ccc(N)cc1. The molecule has 2 aromatic carbocycles. The van der Waals surface area contributed by atoms with Crippen molar-refractivity contribution in [3.63, 3.8) is 0 Å². The number of likely N-dealkylation sites (tertiary alicyclic amines) is 1. The summed E-state index contributed by atoms with van der Waals surface area (Å²) in [5.41, 5.74) is 8.65. The number of ether oxygens (including phenoxy) is 2. The minimum absolute atomic E-state index is 0.0112. The van der Waals surface area contributed by atoms with Crippen LogP contribution in [-0.4, -0.2) is 115 Å². The number of nitrogen functional groups attached to an aromatic ring is 1. The smallest absolute Gasteiger partial charge is 0.242 e. The Morgan fingerprint density at radius 3 is 2.25 bits per heavy atom. The third kappa shape index (κ3) is 12.8. The molecule has 14 heteroatoms. The number of nitrogens with zero attached hydrogens (tertiary/aromatic N) is 4. The molecule has 0 radical (unpaired) electrons. The predicted octanol–water partition coefficient (Wildman–Crippen LogP) is 5.32. The van der Waals surface area contributed by atoms with Crippen LogP contribution in [0.2, 0.25) is 0 Å². The zero-order chi connectivity index (χ0) is 43.2. The van der Waals surface area contributed by atoms with Gasteiger partial charge in [-0.05, 0) is 61.4 Å². The maximum atomic E-state index is 14.3. The van der Waals surface area contributed by atoms with Crippen LogP contribution in [0.4, 0.5) is 5.69 Å². The summed E-state index contributed by atoms with van der Waals surface area (Å²) < 4.78 is 12.0. The second kappa shape index (κ2) is 22.8. The topological polar surface area (TPSA) is 159 Å². The summed E-state index contributed by atoms with van der Waals surface area (Å²) in [6.07, 6.45) is 3.43. The molecule has 1 fully saturated rings. The van der Waals surface area contributed by atoms with E-state index < -0.39 is 30.2 Å². The van der Waals surface area contributed by atoms with E-state index >= 15 is 0 Å². The number of carbonyl (C=O) groups excluding carboxylic acids is 4. The van der Waals surface area contributed by atoms with Gasteiger partial charge in [0.2, 0.25) is 23.6 Å². The Kier molecular flexibility index (Phi) is 18.3. The molecule has 0 spiro atoms. The highest BCUT2D eigenvalue weighted by atomic mass is 32.1. The van der Waals surface area contributed by atoms with Gasteiger partial charge in [0, 0.05) is 51.6 Å². The fraction of sp³-hybridized carbons (Fsp3) is 0.578. The first kappa shape index (κ1) is 47.3. The van der Waals surface area contributed by atoms with Crippen molar-refractivity contribution < 1.29 is 28.7 Å². The summed E-state index contributed by atoms with van der Waals surface area (Å²) in [5.74, 6) is -1.38. The molecule has 0 bridgehead atoms. The lowest BCUT2D eigenvalue weighted by Gasteiger charge is -2.39. The third-order valence-corrected chi connectivity index (χ3v) is 12.7. The van der Waals surface area contributed by atoms with Crippen molar-refractivity contribution >= 4 is 40.7 Å². The zero-order valence-corrected chi connectivity index (χ0v) is 37.2. The van der Waals surface area contributed by atoms with Crippen molar-refractivity contribution in [2.24, 2.45) is 17.8 Å². The molecule has 4 rings (SSSR count). The van der Waals surface area contributed by atoms with Crippen LogP contribution in [0.15, 0.2) is 66.2 Å². The average molecular weight is 834 g/mol. The van der Waals surface area contributed by atoms with Crippen LogP contribution in [0, 0.1) is 17.8 Å². The normalized spacial score (nSPS) is 17.8. The Hall–Kier alpha value is -4.37. The van der Waals surface area contributed by atoms with E-state index in [1.807, 2.05) is 111 Å². The minimum atomic E-state index is -0.614. The van der Waals surface area contributed by atoms with E-state index in [2.05, 4.69) is 15.6 Å². The molecule has 1 saturated heterocycles. The second-order valence-corrected chi connectivity index (χ2v) is 17.3. The van der Waals surface area contributed by atoms with Crippen LogP contribution in [0.3, 0.4) is 0 Å². The Morgan fingerprint density at radius 1 is 0.966 bits per heavy atom. The standard InChI is InChI=1S/C45H67N7O6S/c1-10-30(4)41(51(7)39(54)27-48-44(56)40(29(2)3)50(6)28-33-18-20-34(46)21-19-33)37(57-8)26-38(53)52-23-14-17-36(52)42(58-9)31(5)43(55)49-35(45-47-22-24-59-45)25-32-15-12-11-13-16-32/h11-13,15-16,18-22,24,29-31,35-37,40-42H,10,14,17,23,25-28,46H2,1-9H3,(H,48,56)(H,49,55)/t30?,31-,35?,36+,37?,40?,41?,42?/m1/s1. The van der Waals surface area contributed by atoms with Gasteiger partial charge in [0.15, 0.2) is 0 Å². The van der Waals surface area contributed by atoms with Gasteiger partial charge in [-0.25, -0.2) is 4.98 Å². The van der Waals surface area contributed by atoms with Gasteiger partial charge in [0.25, 0.3) is 0 Å². The summed E-state index contributed by atoms with van der Waals surface area (Å²) in [4.78, 5) is 65.5. The van der Waals surface area contributed by atoms with E-state index in [1.54, 1.807) is 32.4 Å². The molecule has 6 unspecified atom stereocenters. The first-order valence-corrected chi connectivity index (χ1v) is 21.7. The number of carbonyl (C=O) groups is 4. The number of likely N-dealkylation sites (N-methyl/N-ethyl adjacent to an activating group) is 2. The van der Waals surface area contributed by atoms with Crippen molar-refractivity contribution in [3.05, 3.63) is 82.3 Å². The van der Waals surface area contributed by atoms with Gasteiger partial charge in [-0.2, -0.15) is 0 Å². The molecule has 1 aliphatic heterocycles. The molecule has 0 saturated carbocycles. The lowest BCUT2D eigenvalue weighted by molar-refractivity contribution is -0.146. The number of hydrogen-bond acceptors (Lipinski definition) is 10. The summed E-state index contributed by atoms with van der Waals surface area (Å²) in [6, 6.07) is 16.0. The highest BCUT2D eigenvalue weighted by Gasteiger charge is 2.42. The molecule has 13 nitrogen and oxygen atoms in total. The van der Waals surface area contributed by atoms with E-state index in [4.69, 9.17) is 15.2 Å². The zero-order valence-electron chi connectivity index (χ0n) is 36.4. The van der Waals surface area contributed by atoms with Gasteiger partial charge in [0.05, 0.1) is 55.3 Å². The maximum absolute atomic E-state index is 14.3. The Bertz CT molecular complexity index is 1760. The third-order valence-electron chi connectivity index (χ3n) is 11.9. The fourth-order valence-electron chi connectivity index (χ4n) is 8.50. The number of methoxy groups -OCH3 is 2. The number of hydrogen-bond donors (Lipinski definition) is 3. The molecular weight excluding hydrogens is 767 g/mol. The largest absolute Gasteiger partial charge is 0.399 e. The van der Waals surface area contributed by atoms with Crippen LogP contribution >= 0.6 is 11.3 Å². The molecule has 1 aliphatic rings. The number of aromatic nitrogens is 1. The first-order valence-electron chi connectivity index (χ1n) is 20.9. The molecule has 1 aromatic heterocycles. The van der Waals surface area contributed by atoms with E-state index in [-0.39, 0.29) is 60.5 Å². The second-order valence-electron chi connectivity index (χ2n) is 16.3.